The van der Waals surface area contributed by atoms with Crippen molar-refractivity contribution in [2.45, 2.75) is 57.3 Å². The predicted octanol–water partition coefficient (Wildman–Crippen LogP) is 4.67. The SMILES string of the molecule is COCCCn1c(SCC(=O)N[C@@H]2CCC[C@@H](C)[C@@H]2C)nnc1-c1ccc(Cl)cc1. The number of ether oxygens (including phenoxy) is 1. The van der Waals surface area contributed by atoms with E-state index in [9.17, 15) is 4.79 Å². The molecule has 2 aromatic rings. The van der Waals surface area contributed by atoms with Crippen molar-refractivity contribution in [1.29, 1.82) is 0 Å². The Balaban J connectivity index is 1.67. The van der Waals surface area contributed by atoms with Crippen molar-refractivity contribution in [3.05, 3.63) is 29.3 Å². The van der Waals surface area contributed by atoms with Gasteiger partial charge in [-0.05, 0) is 48.9 Å². The van der Waals surface area contributed by atoms with Crippen molar-refractivity contribution in [2.24, 2.45) is 11.8 Å². The molecule has 1 aliphatic rings. The van der Waals surface area contributed by atoms with Crippen LogP contribution in [0.1, 0.15) is 39.5 Å². The predicted molar refractivity (Wildman–Crippen MR) is 122 cm³/mol. The Morgan fingerprint density at radius 2 is 2.03 bits per heavy atom. The minimum absolute atomic E-state index is 0.0606. The molecule has 0 saturated heterocycles. The lowest BCUT2D eigenvalue weighted by molar-refractivity contribution is -0.120. The Hall–Kier alpha value is -1.57. The molecular formula is C22H31ClN4O2S. The highest BCUT2D eigenvalue weighted by Gasteiger charge is 2.28. The van der Waals surface area contributed by atoms with Gasteiger partial charge in [-0.1, -0.05) is 50.1 Å². The van der Waals surface area contributed by atoms with Crippen LogP contribution in [0.3, 0.4) is 0 Å². The summed E-state index contributed by atoms with van der Waals surface area (Å²) in [5, 5.41) is 13.4. The third kappa shape index (κ3) is 5.99. The van der Waals surface area contributed by atoms with E-state index in [0.717, 1.165) is 35.9 Å². The third-order valence-corrected chi connectivity index (χ3v) is 7.15. The van der Waals surface area contributed by atoms with Gasteiger partial charge in [-0.15, -0.1) is 10.2 Å². The molecule has 3 rings (SSSR count). The molecule has 1 aromatic carbocycles. The molecule has 1 amide bonds. The molecule has 164 valence electrons. The fraction of sp³-hybridized carbons (Fsp3) is 0.591. The number of carbonyl (C=O) groups excluding carboxylic acids is 1. The Kier molecular flexibility index (Phi) is 8.60. The smallest absolute Gasteiger partial charge is 0.230 e. The first kappa shape index (κ1) is 23.1. The molecule has 1 saturated carbocycles. The number of methoxy groups -OCH3 is 1. The maximum absolute atomic E-state index is 12.6. The maximum atomic E-state index is 12.6. The lowest BCUT2D eigenvalue weighted by Crippen LogP contribution is -2.44. The summed E-state index contributed by atoms with van der Waals surface area (Å²) in [5.41, 5.74) is 0.950. The number of halogens is 1. The lowest BCUT2D eigenvalue weighted by atomic mass is 9.78. The van der Waals surface area contributed by atoms with Crippen molar-refractivity contribution >= 4 is 29.3 Å². The summed E-state index contributed by atoms with van der Waals surface area (Å²) < 4.78 is 7.26. The van der Waals surface area contributed by atoms with Gasteiger partial charge in [0.1, 0.15) is 0 Å². The zero-order valence-corrected chi connectivity index (χ0v) is 19.5. The fourth-order valence-corrected chi connectivity index (χ4v) is 4.84. The summed E-state index contributed by atoms with van der Waals surface area (Å²) in [5.74, 6) is 2.34. The summed E-state index contributed by atoms with van der Waals surface area (Å²) in [6.07, 6.45) is 4.34. The Labute approximate surface area is 188 Å². The molecule has 1 N–H and O–H groups in total. The van der Waals surface area contributed by atoms with Gasteiger partial charge in [0.2, 0.25) is 5.91 Å². The Morgan fingerprint density at radius 3 is 2.77 bits per heavy atom. The topological polar surface area (TPSA) is 69.0 Å². The molecule has 8 heteroatoms. The number of hydrogen-bond acceptors (Lipinski definition) is 5. The molecule has 0 spiro atoms. The number of carbonyl (C=O) groups is 1. The second kappa shape index (κ2) is 11.2. The Morgan fingerprint density at radius 1 is 1.27 bits per heavy atom. The van der Waals surface area contributed by atoms with Crippen molar-refractivity contribution in [1.82, 2.24) is 20.1 Å². The van der Waals surface area contributed by atoms with Crippen LogP contribution in [-0.2, 0) is 16.1 Å². The van der Waals surface area contributed by atoms with Crippen LogP contribution < -0.4 is 5.32 Å². The van der Waals surface area contributed by atoms with Crippen LogP contribution in [-0.4, -0.2) is 46.2 Å². The highest BCUT2D eigenvalue weighted by Crippen LogP contribution is 2.30. The Bertz CT molecular complexity index is 827. The maximum Gasteiger partial charge on any atom is 0.230 e. The van der Waals surface area contributed by atoms with Gasteiger partial charge in [0.15, 0.2) is 11.0 Å². The van der Waals surface area contributed by atoms with Crippen LogP contribution in [0, 0.1) is 11.8 Å². The summed E-state index contributed by atoms with van der Waals surface area (Å²) in [4.78, 5) is 12.6. The average Bonchev–Trinajstić information content (AvgIpc) is 3.13. The largest absolute Gasteiger partial charge is 0.385 e. The average molecular weight is 451 g/mol. The molecule has 0 aliphatic heterocycles. The number of benzene rings is 1. The van der Waals surface area contributed by atoms with Gasteiger partial charge in [0.25, 0.3) is 0 Å². The molecule has 0 bridgehead atoms. The summed E-state index contributed by atoms with van der Waals surface area (Å²) in [6.45, 7) is 5.89. The van der Waals surface area contributed by atoms with Gasteiger partial charge < -0.3 is 14.6 Å². The number of hydrogen-bond donors (Lipinski definition) is 1. The van der Waals surface area contributed by atoms with Crippen LogP contribution in [0.2, 0.25) is 5.02 Å². The van der Waals surface area contributed by atoms with Crippen LogP contribution >= 0.6 is 23.4 Å². The summed E-state index contributed by atoms with van der Waals surface area (Å²) in [6, 6.07) is 7.83. The number of rotatable bonds is 9. The number of amides is 1. The molecule has 6 nitrogen and oxygen atoms in total. The normalized spacial score (nSPS) is 21.5. The molecule has 1 fully saturated rings. The quantitative estimate of drug-likeness (QED) is 0.444. The van der Waals surface area contributed by atoms with E-state index in [1.54, 1.807) is 7.11 Å². The van der Waals surface area contributed by atoms with E-state index in [0.29, 0.717) is 29.2 Å². The number of aromatic nitrogens is 3. The lowest BCUT2D eigenvalue weighted by Gasteiger charge is -2.34. The second-order valence-corrected chi connectivity index (χ2v) is 9.42. The zero-order valence-electron chi connectivity index (χ0n) is 17.9. The second-order valence-electron chi connectivity index (χ2n) is 8.04. The van der Waals surface area contributed by atoms with Crippen molar-refractivity contribution in [3.63, 3.8) is 0 Å². The standard InChI is InChI=1S/C22H31ClN4O2S/c1-15-6-4-7-19(16(15)2)24-20(28)14-30-22-26-25-21(27(22)12-5-13-29-3)17-8-10-18(23)11-9-17/h8-11,15-16,19H,4-7,12-14H2,1-3H3,(H,24,28)/t15-,16+,19-/m1/s1. The fourth-order valence-electron chi connectivity index (χ4n) is 3.94. The number of nitrogens with one attached hydrogen (secondary N) is 1. The van der Waals surface area contributed by atoms with Crippen molar-refractivity contribution < 1.29 is 9.53 Å². The molecule has 1 aromatic heterocycles. The van der Waals surface area contributed by atoms with Crippen molar-refractivity contribution in [3.8, 4) is 11.4 Å². The molecule has 0 unspecified atom stereocenters. The molecule has 30 heavy (non-hydrogen) atoms. The molecule has 1 heterocycles. The highest BCUT2D eigenvalue weighted by molar-refractivity contribution is 7.99. The minimum atomic E-state index is 0.0606. The summed E-state index contributed by atoms with van der Waals surface area (Å²) >= 11 is 7.46. The number of nitrogens with zero attached hydrogens (tertiary/aromatic N) is 3. The first-order valence-electron chi connectivity index (χ1n) is 10.6. The minimum Gasteiger partial charge on any atom is -0.385 e. The molecule has 1 aliphatic carbocycles. The highest BCUT2D eigenvalue weighted by atomic mass is 35.5. The molecular weight excluding hydrogens is 420 g/mol. The van der Waals surface area contributed by atoms with E-state index >= 15 is 0 Å². The van der Waals surface area contributed by atoms with Crippen molar-refractivity contribution in [2.75, 3.05) is 19.5 Å². The first-order chi connectivity index (χ1) is 14.5. The van der Waals surface area contributed by atoms with Gasteiger partial charge in [-0.3, -0.25) is 4.79 Å². The van der Waals surface area contributed by atoms with Gasteiger partial charge in [-0.2, -0.15) is 0 Å². The zero-order chi connectivity index (χ0) is 21.5. The van der Waals surface area contributed by atoms with E-state index in [2.05, 4.69) is 33.9 Å². The van der Waals surface area contributed by atoms with Gasteiger partial charge in [0.05, 0.1) is 5.75 Å². The third-order valence-electron chi connectivity index (χ3n) is 5.94. The van der Waals surface area contributed by atoms with Crippen LogP contribution in [0.15, 0.2) is 29.4 Å². The van der Waals surface area contributed by atoms with Gasteiger partial charge >= 0.3 is 0 Å². The van der Waals surface area contributed by atoms with E-state index in [1.807, 2.05) is 24.3 Å². The van der Waals surface area contributed by atoms with Gasteiger partial charge in [-0.25, -0.2) is 0 Å². The van der Waals surface area contributed by atoms with E-state index < -0.39 is 0 Å². The summed E-state index contributed by atoms with van der Waals surface area (Å²) in [7, 11) is 1.69. The monoisotopic (exact) mass is 450 g/mol. The van der Waals surface area contributed by atoms with Gasteiger partial charge in [0, 0.05) is 36.9 Å². The van der Waals surface area contributed by atoms with E-state index in [4.69, 9.17) is 16.3 Å². The van der Waals surface area contributed by atoms with E-state index in [-0.39, 0.29) is 11.9 Å². The molecule has 3 atom stereocenters. The van der Waals surface area contributed by atoms with Crippen LogP contribution in [0.25, 0.3) is 11.4 Å². The molecule has 0 radical (unpaired) electrons. The van der Waals surface area contributed by atoms with E-state index in [1.165, 1.54) is 24.6 Å². The first-order valence-corrected chi connectivity index (χ1v) is 12.0. The van der Waals surface area contributed by atoms with Crippen LogP contribution in [0.5, 0.6) is 0 Å². The van der Waals surface area contributed by atoms with Crippen LogP contribution in [0.4, 0.5) is 0 Å². The number of thioether (sulfide) groups is 1.